The molecule has 0 aliphatic heterocycles. The van der Waals surface area contributed by atoms with Crippen molar-refractivity contribution in [2.24, 2.45) is 0 Å². The average Bonchev–Trinajstić information content (AvgIpc) is 3.20. The maximum absolute atomic E-state index is 12.7. The Kier molecular flexibility index (Phi) is 41.7. The van der Waals surface area contributed by atoms with Crippen LogP contribution in [0.4, 0.5) is 0 Å². The van der Waals surface area contributed by atoms with Gasteiger partial charge in [0.05, 0.1) is 27.7 Å². The van der Waals surface area contributed by atoms with Gasteiger partial charge >= 0.3 is 19.8 Å². The number of carbonyl (C=O) groups is 2. The van der Waals surface area contributed by atoms with E-state index in [1.165, 1.54) is 148 Å². The number of nitrogens with zero attached hydrogens (tertiary/aromatic N) is 1. The molecule has 0 aliphatic rings. The van der Waals surface area contributed by atoms with Crippen LogP contribution in [0.3, 0.4) is 0 Å². The molecule has 2 atom stereocenters. The van der Waals surface area contributed by atoms with Crippen molar-refractivity contribution in [3.8, 4) is 0 Å². The zero-order chi connectivity index (χ0) is 44.3. The molecule has 354 valence electrons. The van der Waals surface area contributed by atoms with Crippen LogP contribution in [0, 0.1) is 0 Å². The number of unbranched alkanes of at least 4 members (excludes halogenated alkanes) is 28. The fourth-order valence-electron chi connectivity index (χ4n) is 7.01. The molecule has 0 aromatic rings. The van der Waals surface area contributed by atoms with Crippen molar-refractivity contribution in [2.75, 3.05) is 47.5 Å². The summed E-state index contributed by atoms with van der Waals surface area (Å²) in [6, 6.07) is 0. The first-order valence-electron chi connectivity index (χ1n) is 25.1. The Bertz CT molecular complexity index is 1070. The van der Waals surface area contributed by atoms with Crippen LogP contribution < -0.4 is 0 Å². The number of quaternary nitrogens is 1. The lowest BCUT2D eigenvalue weighted by atomic mass is 10.0. The molecule has 0 saturated carbocycles. The molecule has 0 rings (SSSR count). The Morgan fingerprint density at radius 1 is 0.500 bits per heavy atom. The number of likely N-dealkylation sites (N-methyl/N-ethyl adjacent to an activating group) is 1. The normalized spacial score (nSPS) is 13.6. The summed E-state index contributed by atoms with van der Waals surface area (Å²) >= 11 is 0. The van der Waals surface area contributed by atoms with E-state index in [1.54, 1.807) is 0 Å². The van der Waals surface area contributed by atoms with Gasteiger partial charge in [0.15, 0.2) is 6.10 Å². The zero-order valence-corrected chi connectivity index (χ0v) is 40.9. The van der Waals surface area contributed by atoms with Gasteiger partial charge in [0.1, 0.15) is 19.8 Å². The molecule has 0 aromatic heterocycles. The van der Waals surface area contributed by atoms with Crippen molar-refractivity contribution in [3.63, 3.8) is 0 Å². The first kappa shape index (κ1) is 58.5. The highest BCUT2D eigenvalue weighted by molar-refractivity contribution is 7.47. The average molecular weight is 871 g/mol. The van der Waals surface area contributed by atoms with Crippen molar-refractivity contribution in [1.82, 2.24) is 0 Å². The number of hydrogen-bond acceptors (Lipinski definition) is 7. The molecule has 0 spiro atoms. The van der Waals surface area contributed by atoms with Crippen molar-refractivity contribution >= 4 is 19.8 Å². The Balaban J connectivity index is 4.24. The van der Waals surface area contributed by atoms with Crippen molar-refractivity contribution in [1.29, 1.82) is 0 Å². The van der Waals surface area contributed by atoms with E-state index in [0.29, 0.717) is 17.4 Å². The van der Waals surface area contributed by atoms with E-state index in [-0.39, 0.29) is 32.0 Å². The van der Waals surface area contributed by atoms with Crippen LogP contribution in [0.2, 0.25) is 0 Å². The summed E-state index contributed by atoms with van der Waals surface area (Å²) in [5, 5.41) is 0. The molecule has 0 radical (unpaired) electrons. The number of rotatable bonds is 46. The molecule has 9 nitrogen and oxygen atoms in total. The lowest BCUT2D eigenvalue weighted by molar-refractivity contribution is -0.870. The predicted molar refractivity (Wildman–Crippen MR) is 252 cm³/mol. The minimum atomic E-state index is -4.38. The van der Waals surface area contributed by atoms with Crippen LogP contribution in [-0.4, -0.2) is 74.9 Å². The van der Waals surface area contributed by atoms with E-state index < -0.39 is 26.5 Å². The lowest BCUT2D eigenvalue weighted by Gasteiger charge is -2.24. The Morgan fingerprint density at radius 2 is 0.867 bits per heavy atom. The molecular formula is C50H97NO8P+. The van der Waals surface area contributed by atoms with Crippen LogP contribution in [0.5, 0.6) is 0 Å². The van der Waals surface area contributed by atoms with Gasteiger partial charge in [-0.05, 0) is 57.8 Å². The molecule has 0 bridgehead atoms. The summed E-state index contributed by atoms with van der Waals surface area (Å²) in [5.74, 6) is -0.838. The maximum atomic E-state index is 12.7. The lowest BCUT2D eigenvalue weighted by Crippen LogP contribution is -2.37. The van der Waals surface area contributed by atoms with Crippen molar-refractivity contribution in [2.45, 2.75) is 238 Å². The summed E-state index contributed by atoms with van der Waals surface area (Å²) in [5.41, 5.74) is 0. The van der Waals surface area contributed by atoms with Gasteiger partial charge in [0, 0.05) is 12.8 Å². The molecule has 0 aromatic carbocycles. The SMILES string of the molecule is CCCCCC/C=C/CCCCCCCC(=O)OC[C@H](COP(=O)(O)OCC[N+](C)(C)C)OC(=O)CCC/C=C/CCCCCCCCCCCCCCCCCCCC. The van der Waals surface area contributed by atoms with Gasteiger partial charge < -0.3 is 18.9 Å². The molecule has 0 heterocycles. The zero-order valence-electron chi connectivity index (χ0n) is 40.0. The third-order valence-electron chi connectivity index (χ3n) is 11.0. The highest BCUT2D eigenvalue weighted by atomic mass is 31.2. The fraction of sp³-hybridized carbons (Fsp3) is 0.880. The van der Waals surface area contributed by atoms with E-state index in [9.17, 15) is 19.0 Å². The molecule has 0 fully saturated rings. The number of allylic oxidation sites excluding steroid dienone is 4. The van der Waals surface area contributed by atoms with Gasteiger partial charge in [-0.15, -0.1) is 0 Å². The number of phosphoric ester groups is 1. The van der Waals surface area contributed by atoms with Gasteiger partial charge in [-0.3, -0.25) is 18.6 Å². The number of carbonyl (C=O) groups excluding carboxylic acids is 2. The van der Waals surface area contributed by atoms with E-state index >= 15 is 0 Å². The third-order valence-corrected chi connectivity index (χ3v) is 11.9. The number of ether oxygens (including phenoxy) is 2. The Hall–Kier alpha value is -1.51. The van der Waals surface area contributed by atoms with Gasteiger partial charge in [0.25, 0.3) is 0 Å². The van der Waals surface area contributed by atoms with Crippen molar-refractivity contribution in [3.05, 3.63) is 24.3 Å². The van der Waals surface area contributed by atoms with Crippen LogP contribution in [0.25, 0.3) is 0 Å². The third kappa shape index (κ3) is 46.0. The first-order valence-corrected chi connectivity index (χ1v) is 26.6. The topological polar surface area (TPSA) is 108 Å². The fourth-order valence-corrected chi connectivity index (χ4v) is 7.76. The molecule has 60 heavy (non-hydrogen) atoms. The molecular weight excluding hydrogens is 774 g/mol. The predicted octanol–water partition coefficient (Wildman–Crippen LogP) is 14.7. The second kappa shape index (κ2) is 42.8. The Labute approximate surface area is 370 Å². The largest absolute Gasteiger partial charge is 0.472 e. The second-order valence-electron chi connectivity index (χ2n) is 18.2. The molecule has 0 aliphatic carbocycles. The van der Waals surface area contributed by atoms with E-state index in [1.807, 2.05) is 21.1 Å². The minimum Gasteiger partial charge on any atom is -0.462 e. The monoisotopic (exact) mass is 871 g/mol. The van der Waals surface area contributed by atoms with Gasteiger partial charge in [-0.1, -0.05) is 186 Å². The van der Waals surface area contributed by atoms with Crippen molar-refractivity contribution < 1.29 is 42.1 Å². The van der Waals surface area contributed by atoms with Crippen LogP contribution in [0.1, 0.15) is 232 Å². The molecule has 0 amide bonds. The first-order chi connectivity index (χ1) is 29.0. The summed E-state index contributed by atoms with van der Waals surface area (Å²) in [4.78, 5) is 35.4. The summed E-state index contributed by atoms with van der Waals surface area (Å²) < 4.78 is 34.3. The number of hydrogen-bond donors (Lipinski definition) is 1. The maximum Gasteiger partial charge on any atom is 0.472 e. The smallest absolute Gasteiger partial charge is 0.462 e. The number of esters is 2. The highest BCUT2D eigenvalue weighted by Gasteiger charge is 2.27. The Morgan fingerprint density at radius 3 is 1.30 bits per heavy atom. The van der Waals surface area contributed by atoms with Crippen LogP contribution in [0.15, 0.2) is 24.3 Å². The van der Waals surface area contributed by atoms with E-state index in [4.69, 9.17) is 18.5 Å². The summed E-state index contributed by atoms with van der Waals surface area (Å²) in [6.45, 7) is 4.40. The molecule has 0 saturated heterocycles. The molecule has 1 unspecified atom stereocenters. The molecule has 10 heteroatoms. The highest BCUT2D eigenvalue weighted by Crippen LogP contribution is 2.43. The number of phosphoric acid groups is 1. The quantitative estimate of drug-likeness (QED) is 0.0212. The van der Waals surface area contributed by atoms with Gasteiger partial charge in [0.2, 0.25) is 0 Å². The van der Waals surface area contributed by atoms with E-state index in [2.05, 4.69) is 38.2 Å². The summed E-state index contributed by atoms with van der Waals surface area (Å²) in [6.07, 6.45) is 48.2. The van der Waals surface area contributed by atoms with Crippen LogP contribution in [-0.2, 0) is 32.7 Å². The molecule has 1 N–H and O–H groups in total. The van der Waals surface area contributed by atoms with Gasteiger partial charge in [-0.2, -0.15) is 0 Å². The van der Waals surface area contributed by atoms with Gasteiger partial charge in [-0.25, -0.2) is 4.57 Å². The van der Waals surface area contributed by atoms with E-state index in [0.717, 1.165) is 51.4 Å². The van der Waals surface area contributed by atoms with Crippen LogP contribution >= 0.6 is 7.82 Å². The standard InChI is InChI=1S/C50H96NO8P/c1-6-8-10-12-14-16-18-20-21-22-23-24-25-26-27-28-29-31-33-35-37-39-41-43-50(53)59-48(47-58-60(54,55)57-45-44-51(3,4)5)46-56-49(52)42-40-38-36-34-32-30-19-17-15-13-11-9-7-2/h17,19,35,37,48H,6-16,18,20-34,36,38-47H2,1-5H3/p+1/b19-17+,37-35+/t48-/m1/s1. The second-order valence-corrected chi connectivity index (χ2v) is 19.6. The minimum absolute atomic E-state index is 0.0274. The summed E-state index contributed by atoms with van der Waals surface area (Å²) in [7, 11) is 1.46.